The molecule has 3 rings (SSSR count). The molecule has 3 atom stereocenters. The number of hydrogen-bond acceptors (Lipinski definition) is 6. The van der Waals surface area contributed by atoms with Crippen LogP contribution in [-0.4, -0.2) is 60.9 Å². The summed E-state index contributed by atoms with van der Waals surface area (Å²) < 4.78 is 11.6. The lowest BCUT2D eigenvalue weighted by Crippen LogP contribution is -2.35. The van der Waals surface area contributed by atoms with Crippen molar-refractivity contribution in [3.8, 4) is 0 Å². The lowest BCUT2D eigenvalue weighted by atomic mass is 9.61. The van der Waals surface area contributed by atoms with Crippen LogP contribution < -0.4 is 5.32 Å². The van der Waals surface area contributed by atoms with Gasteiger partial charge in [0.15, 0.2) is 0 Å². The molecule has 1 saturated carbocycles. The summed E-state index contributed by atoms with van der Waals surface area (Å²) in [6, 6.07) is 12.0. The van der Waals surface area contributed by atoms with Crippen molar-refractivity contribution in [2.45, 2.75) is 46.2 Å². The molecule has 1 N–H and O–H groups in total. The first-order chi connectivity index (χ1) is 18.9. The second-order valence-electron chi connectivity index (χ2n) is 11.0. The zero-order valence-electron chi connectivity index (χ0n) is 24.1. The maximum atomic E-state index is 5.86. The predicted molar refractivity (Wildman–Crippen MR) is 160 cm³/mol. The lowest BCUT2D eigenvalue weighted by molar-refractivity contribution is 0.0376. The fourth-order valence-corrected chi connectivity index (χ4v) is 5.42. The maximum absolute atomic E-state index is 5.86. The Labute approximate surface area is 236 Å². The van der Waals surface area contributed by atoms with Crippen LogP contribution in [0.3, 0.4) is 0 Å². The van der Waals surface area contributed by atoms with Gasteiger partial charge in [0.05, 0.1) is 37.8 Å². The SMILES string of the molecule is C=C[C@]1(C)CC[C@@H](C(=C)CNCCOCCOCCN(Cc2ccccn2)Cc2ccccn2)C[C@H]1C(=C)C. The van der Waals surface area contributed by atoms with E-state index in [1.807, 2.05) is 36.7 Å². The molecular formula is C33H48N4O2. The van der Waals surface area contributed by atoms with Crippen LogP contribution in [0.15, 0.2) is 85.8 Å². The minimum atomic E-state index is 0.155. The summed E-state index contributed by atoms with van der Waals surface area (Å²) in [5.41, 5.74) is 4.79. The summed E-state index contributed by atoms with van der Waals surface area (Å²) in [5.74, 6) is 1.02. The molecule has 2 aromatic rings. The number of nitrogens with zero attached hydrogens (tertiary/aromatic N) is 3. The van der Waals surface area contributed by atoms with E-state index in [2.05, 4.69) is 72.0 Å². The van der Waals surface area contributed by atoms with Crippen LogP contribution in [0.2, 0.25) is 0 Å². The Morgan fingerprint density at radius 1 is 1.03 bits per heavy atom. The molecule has 6 heteroatoms. The Morgan fingerprint density at radius 3 is 2.23 bits per heavy atom. The van der Waals surface area contributed by atoms with E-state index in [0.29, 0.717) is 38.3 Å². The molecule has 0 unspecified atom stereocenters. The van der Waals surface area contributed by atoms with Gasteiger partial charge in [0, 0.05) is 45.1 Å². The smallest absolute Gasteiger partial charge is 0.0701 e. The fraction of sp³-hybridized carbons (Fsp3) is 0.515. The number of nitrogens with one attached hydrogen (secondary N) is 1. The van der Waals surface area contributed by atoms with E-state index in [1.165, 1.54) is 17.6 Å². The minimum Gasteiger partial charge on any atom is -0.378 e. The Kier molecular flexibility index (Phi) is 13.0. The van der Waals surface area contributed by atoms with Crippen molar-refractivity contribution in [2.75, 3.05) is 46.1 Å². The Hall–Kier alpha value is -2.64. The molecule has 0 aliphatic heterocycles. The molecule has 1 aliphatic rings. The largest absolute Gasteiger partial charge is 0.378 e. The van der Waals surface area contributed by atoms with E-state index in [4.69, 9.17) is 9.47 Å². The van der Waals surface area contributed by atoms with Crippen LogP contribution in [0.1, 0.15) is 44.5 Å². The van der Waals surface area contributed by atoms with Crippen LogP contribution >= 0.6 is 0 Å². The third kappa shape index (κ3) is 10.5. The number of aromatic nitrogens is 2. The summed E-state index contributed by atoms with van der Waals surface area (Å²) in [4.78, 5) is 11.2. The molecule has 0 spiro atoms. The second-order valence-corrected chi connectivity index (χ2v) is 11.0. The number of hydrogen-bond donors (Lipinski definition) is 1. The molecule has 0 saturated heterocycles. The maximum Gasteiger partial charge on any atom is 0.0701 e. The summed E-state index contributed by atoms with van der Waals surface area (Å²) in [6.07, 6.45) is 9.23. The van der Waals surface area contributed by atoms with Gasteiger partial charge in [-0.15, -0.1) is 6.58 Å². The number of pyridine rings is 2. The van der Waals surface area contributed by atoms with Crippen molar-refractivity contribution in [1.82, 2.24) is 20.2 Å². The minimum absolute atomic E-state index is 0.155. The molecule has 1 aliphatic carbocycles. The molecule has 212 valence electrons. The average molecular weight is 533 g/mol. The highest BCUT2D eigenvalue weighted by Crippen LogP contribution is 2.48. The molecule has 0 aromatic carbocycles. The molecule has 0 amide bonds. The van der Waals surface area contributed by atoms with Crippen molar-refractivity contribution in [3.05, 3.63) is 97.1 Å². The van der Waals surface area contributed by atoms with Crippen LogP contribution in [0.4, 0.5) is 0 Å². The van der Waals surface area contributed by atoms with Crippen molar-refractivity contribution in [3.63, 3.8) is 0 Å². The van der Waals surface area contributed by atoms with Gasteiger partial charge in [-0.2, -0.15) is 0 Å². The van der Waals surface area contributed by atoms with Gasteiger partial charge in [-0.05, 0) is 67.7 Å². The zero-order chi connectivity index (χ0) is 27.9. The molecule has 2 heterocycles. The van der Waals surface area contributed by atoms with Crippen molar-refractivity contribution in [1.29, 1.82) is 0 Å². The van der Waals surface area contributed by atoms with Gasteiger partial charge in [-0.25, -0.2) is 0 Å². The average Bonchev–Trinajstić information content (AvgIpc) is 2.95. The second kappa shape index (κ2) is 16.5. The van der Waals surface area contributed by atoms with Gasteiger partial charge >= 0.3 is 0 Å². The summed E-state index contributed by atoms with van der Waals surface area (Å²) in [5, 5.41) is 3.50. The Balaban J connectivity index is 1.26. The van der Waals surface area contributed by atoms with Gasteiger partial charge in [-0.3, -0.25) is 14.9 Å². The summed E-state index contributed by atoms with van der Waals surface area (Å²) >= 11 is 0. The third-order valence-corrected chi connectivity index (χ3v) is 7.91. The van der Waals surface area contributed by atoms with E-state index in [1.54, 1.807) is 0 Å². The number of ether oxygens (including phenoxy) is 2. The first-order valence-electron chi connectivity index (χ1n) is 14.3. The summed E-state index contributed by atoms with van der Waals surface area (Å²) in [6.45, 7) is 23.6. The van der Waals surface area contributed by atoms with Crippen molar-refractivity contribution in [2.24, 2.45) is 17.3 Å². The Bertz CT molecular complexity index is 971. The molecule has 1 fully saturated rings. The van der Waals surface area contributed by atoms with Gasteiger partial charge in [-0.1, -0.05) is 49.4 Å². The zero-order valence-corrected chi connectivity index (χ0v) is 24.1. The Morgan fingerprint density at radius 2 is 1.67 bits per heavy atom. The van der Waals surface area contributed by atoms with Gasteiger partial charge in [0.25, 0.3) is 0 Å². The van der Waals surface area contributed by atoms with Gasteiger partial charge in [0.1, 0.15) is 0 Å². The molecule has 2 aromatic heterocycles. The van der Waals surface area contributed by atoms with Gasteiger partial charge < -0.3 is 14.8 Å². The molecule has 39 heavy (non-hydrogen) atoms. The van der Waals surface area contributed by atoms with Crippen LogP contribution in [0, 0.1) is 17.3 Å². The molecule has 0 bridgehead atoms. The normalized spacial score (nSPS) is 21.1. The van der Waals surface area contributed by atoms with E-state index in [0.717, 1.165) is 57.0 Å². The highest BCUT2D eigenvalue weighted by Gasteiger charge is 2.38. The van der Waals surface area contributed by atoms with E-state index >= 15 is 0 Å². The first-order valence-corrected chi connectivity index (χ1v) is 14.3. The molecular weight excluding hydrogens is 484 g/mol. The highest BCUT2D eigenvalue weighted by atomic mass is 16.5. The first kappa shape index (κ1) is 30.9. The summed E-state index contributed by atoms with van der Waals surface area (Å²) in [7, 11) is 0. The van der Waals surface area contributed by atoms with Crippen LogP contribution in [0.5, 0.6) is 0 Å². The van der Waals surface area contributed by atoms with Crippen molar-refractivity contribution >= 4 is 0 Å². The molecule has 6 nitrogen and oxygen atoms in total. The monoisotopic (exact) mass is 532 g/mol. The van der Waals surface area contributed by atoms with Crippen LogP contribution in [0.25, 0.3) is 0 Å². The standard InChI is InChI=1S/C33H48N4O2/c1-6-33(5)14-13-29(23-32(33)27(2)3)28(4)24-34-17-19-38-21-22-39-20-18-37(25-30-11-7-9-15-35-30)26-31-12-8-10-16-36-31/h6-12,15-16,29,32,34H,1-2,4,13-14,17-26H2,3,5H3/t29-,32+,33-/m1/s1. The van der Waals surface area contributed by atoms with E-state index < -0.39 is 0 Å². The third-order valence-electron chi connectivity index (χ3n) is 7.91. The fourth-order valence-electron chi connectivity index (χ4n) is 5.42. The lowest BCUT2D eigenvalue weighted by Gasteiger charge is -2.44. The highest BCUT2D eigenvalue weighted by molar-refractivity contribution is 5.16. The topological polar surface area (TPSA) is 59.5 Å². The van der Waals surface area contributed by atoms with Crippen LogP contribution in [-0.2, 0) is 22.6 Å². The van der Waals surface area contributed by atoms with E-state index in [9.17, 15) is 0 Å². The predicted octanol–water partition coefficient (Wildman–Crippen LogP) is 5.84. The molecule has 0 radical (unpaired) electrons. The number of allylic oxidation sites excluding steroid dienone is 2. The van der Waals surface area contributed by atoms with Crippen molar-refractivity contribution < 1.29 is 9.47 Å². The van der Waals surface area contributed by atoms with E-state index in [-0.39, 0.29) is 5.41 Å². The number of rotatable bonds is 18. The van der Waals surface area contributed by atoms with Gasteiger partial charge in [0.2, 0.25) is 0 Å². The quantitative estimate of drug-likeness (QED) is 0.192.